The third-order valence-electron chi connectivity index (χ3n) is 3.44. The van der Waals surface area contributed by atoms with Gasteiger partial charge in [0.05, 0.1) is 5.69 Å². The number of hydrogen-bond donors (Lipinski definition) is 1. The zero-order valence-electron chi connectivity index (χ0n) is 12.9. The van der Waals surface area contributed by atoms with Crippen molar-refractivity contribution in [3.63, 3.8) is 0 Å². The second-order valence-electron chi connectivity index (χ2n) is 5.18. The lowest BCUT2D eigenvalue weighted by atomic mass is 10.2. The van der Waals surface area contributed by atoms with Crippen LogP contribution in [-0.2, 0) is 19.7 Å². The Labute approximate surface area is 136 Å². The van der Waals surface area contributed by atoms with Crippen LogP contribution in [0.5, 0.6) is 5.75 Å². The summed E-state index contributed by atoms with van der Waals surface area (Å²) >= 11 is 0. The molecule has 1 N–H and O–H groups in total. The quantitative estimate of drug-likeness (QED) is 0.727. The highest BCUT2D eigenvalue weighted by molar-refractivity contribution is 5.33. The Bertz CT molecular complexity index is 717. The van der Waals surface area contributed by atoms with Gasteiger partial charge < -0.3 is 10.1 Å². The third-order valence-corrected chi connectivity index (χ3v) is 3.44. The lowest BCUT2D eigenvalue weighted by Gasteiger charge is -2.12. The number of hydrogen-bond acceptors (Lipinski definition) is 4. The van der Waals surface area contributed by atoms with E-state index in [2.05, 4.69) is 27.4 Å². The average Bonchev–Trinajstić information content (AvgIpc) is 2.63. The minimum absolute atomic E-state index is 0.473. The maximum Gasteiger partial charge on any atom is 0.130 e. The van der Waals surface area contributed by atoms with Gasteiger partial charge in [0.25, 0.3) is 0 Å². The van der Waals surface area contributed by atoms with Gasteiger partial charge in [-0.2, -0.15) is 0 Å². The molecule has 0 aliphatic carbocycles. The molecule has 0 radical (unpaired) electrons. The molecular weight excluding hydrogens is 286 g/mol. The van der Waals surface area contributed by atoms with Gasteiger partial charge >= 0.3 is 0 Å². The van der Waals surface area contributed by atoms with Crippen LogP contribution in [0.3, 0.4) is 0 Å². The van der Waals surface area contributed by atoms with E-state index < -0.39 is 0 Å². The number of rotatable bonds is 7. The van der Waals surface area contributed by atoms with E-state index in [1.54, 1.807) is 12.4 Å². The third kappa shape index (κ3) is 4.63. The molecule has 0 amide bonds. The molecule has 116 valence electrons. The monoisotopic (exact) mass is 305 g/mol. The zero-order chi connectivity index (χ0) is 15.7. The Morgan fingerprint density at radius 3 is 2.61 bits per heavy atom. The number of benzene rings is 1. The standard InChI is InChI=1S/C19H19N3O/c1-2-9-19(23-15-18-8-3-4-11-22-18)17(7-1)14-21-13-16-6-5-10-20-12-16/h1-12,21H,13-15H2. The Balaban J connectivity index is 1.57. The topological polar surface area (TPSA) is 47.0 Å². The van der Waals surface area contributed by atoms with E-state index in [-0.39, 0.29) is 0 Å². The highest BCUT2D eigenvalue weighted by Crippen LogP contribution is 2.19. The Morgan fingerprint density at radius 2 is 1.78 bits per heavy atom. The largest absolute Gasteiger partial charge is 0.487 e. The van der Waals surface area contributed by atoms with Gasteiger partial charge in [-0.3, -0.25) is 9.97 Å². The van der Waals surface area contributed by atoms with Crippen LogP contribution in [0, 0.1) is 0 Å². The van der Waals surface area contributed by atoms with Gasteiger partial charge in [0.1, 0.15) is 12.4 Å². The normalized spacial score (nSPS) is 10.4. The predicted molar refractivity (Wildman–Crippen MR) is 89.8 cm³/mol. The van der Waals surface area contributed by atoms with Gasteiger partial charge in [-0.15, -0.1) is 0 Å². The summed E-state index contributed by atoms with van der Waals surface area (Å²) in [6.07, 6.45) is 5.43. The highest BCUT2D eigenvalue weighted by atomic mass is 16.5. The van der Waals surface area contributed by atoms with Crippen molar-refractivity contribution in [2.45, 2.75) is 19.7 Å². The number of nitrogens with one attached hydrogen (secondary N) is 1. The summed E-state index contributed by atoms with van der Waals surface area (Å²) in [6, 6.07) is 17.9. The molecule has 0 atom stereocenters. The number of aromatic nitrogens is 2. The van der Waals surface area contributed by atoms with E-state index in [1.165, 1.54) is 5.56 Å². The van der Waals surface area contributed by atoms with Crippen molar-refractivity contribution in [2.75, 3.05) is 0 Å². The van der Waals surface area contributed by atoms with E-state index in [0.717, 1.165) is 30.1 Å². The lowest BCUT2D eigenvalue weighted by molar-refractivity contribution is 0.297. The summed E-state index contributed by atoms with van der Waals surface area (Å²) in [5, 5.41) is 3.42. The van der Waals surface area contributed by atoms with E-state index in [0.29, 0.717) is 6.61 Å². The summed E-state index contributed by atoms with van der Waals surface area (Å²) in [7, 11) is 0. The molecule has 0 fully saturated rings. The SMILES string of the molecule is c1ccc(COc2ccccc2CNCc2cccnc2)nc1. The average molecular weight is 305 g/mol. The summed E-state index contributed by atoms with van der Waals surface area (Å²) < 4.78 is 5.91. The van der Waals surface area contributed by atoms with Gasteiger partial charge in [-0.1, -0.05) is 30.3 Å². The fourth-order valence-corrected chi connectivity index (χ4v) is 2.27. The Morgan fingerprint density at radius 1 is 0.870 bits per heavy atom. The van der Waals surface area contributed by atoms with Crippen LogP contribution in [0.4, 0.5) is 0 Å². The van der Waals surface area contributed by atoms with Gasteiger partial charge in [0.15, 0.2) is 0 Å². The van der Waals surface area contributed by atoms with Crippen molar-refractivity contribution >= 4 is 0 Å². The zero-order valence-corrected chi connectivity index (χ0v) is 12.9. The van der Waals surface area contributed by atoms with E-state index in [4.69, 9.17) is 4.74 Å². The maximum atomic E-state index is 5.91. The van der Waals surface area contributed by atoms with Crippen LogP contribution in [0.15, 0.2) is 73.2 Å². The van der Waals surface area contributed by atoms with Crippen LogP contribution in [0.2, 0.25) is 0 Å². The smallest absolute Gasteiger partial charge is 0.130 e. The van der Waals surface area contributed by atoms with Crippen molar-refractivity contribution in [3.8, 4) is 5.75 Å². The molecule has 2 aromatic heterocycles. The Kier molecular flexibility index (Phi) is 5.32. The first-order valence-corrected chi connectivity index (χ1v) is 7.62. The fourth-order valence-electron chi connectivity index (χ4n) is 2.27. The van der Waals surface area contributed by atoms with Crippen molar-refractivity contribution in [2.24, 2.45) is 0 Å². The first kappa shape index (κ1) is 15.2. The first-order chi connectivity index (χ1) is 11.4. The van der Waals surface area contributed by atoms with Gasteiger partial charge in [-0.25, -0.2) is 0 Å². The molecule has 0 aliphatic rings. The van der Waals surface area contributed by atoms with E-state index >= 15 is 0 Å². The second kappa shape index (κ2) is 8.06. The van der Waals surface area contributed by atoms with Crippen molar-refractivity contribution in [3.05, 3.63) is 90.0 Å². The second-order valence-corrected chi connectivity index (χ2v) is 5.18. The molecule has 1 aromatic carbocycles. The van der Waals surface area contributed by atoms with E-state index in [9.17, 15) is 0 Å². The van der Waals surface area contributed by atoms with Crippen molar-refractivity contribution < 1.29 is 4.74 Å². The first-order valence-electron chi connectivity index (χ1n) is 7.62. The molecule has 2 heterocycles. The Hall–Kier alpha value is -2.72. The fraction of sp³-hybridized carbons (Fsp3) is 0.158. The number of nitrogens with zero attached hydrogens (tertiary/aromatic N) is 2. The molecule has 3 rings (SSSR count). The molecule has 0 saturated heterocycles. The van der Waals surface area contributed by atoms with Crippen molar-refractivity contribution in [1.82, 2.24) is 15.3 Å². The molecule has 0 aliphatic heterocycles. The predicted octanol–water partition coefficient (Wildman–Crippen LogP) is 3.35. The summed E-state index contributed by atoms with van der Waals surface area (Å²) in [5.74, 6) is 0.886. The number of ether oxygens (including phenoxy) is 1. The molecule has 0 spiro atoms. The molecule has 0 bridgehead atoms. The van der Waals surface area contributed by atoms with Gasteiger partial charge in [-0.05, 0) is 29.8 Å². The molecule has 4 nitrogen and oxygen atoms in total. The van der Waals surface area contributed by atoms with Crippen LogP contribution in [0.1, 0.15) is 16.8 Å². The van der Waals surface area contributed by atoms with Gasteiger partial charge in [0.2, 0.25) is 0 Å². The summed E-state index contributed by atoms with van der Waals surface area (Å²) in [5.41, 5.74) is 3.22. The molecular formula is C19H19N3O. The minimum atomic E-state index is 0.473. The lowest BCUT2D eigenvalue weighted by Crippen LogP contribution is -2.13. The summed E-state index contributed by atoms with van der Waals surface area (Å²) in [6.45, 7) is 2.00. The molecule has 3 aromatic rings. The number of para-hydroxylation sites is 1. The molecule has 23 heavy (non-hydrogen) atoms. The van der Waals surface area contributed by atoms with Crippen LogP contribution in [-0.4, -0.2) is 9.97 Å². The van der Waals surface area contributed by atoms with Crippen LogP contribution >= 0.6 is 0 Å². The molecule has 0 saturated carbocycles. The maximum absolute atomic E-state index is 5.91. The number of pyridine rings is 2. The minimum Gasteiger partial charge on any atom is -0.487 e. The molecule has 0 unspecified atom stereocenters. The summed E-state index contributed by atoms with van der Waals surface area (Å²) in [4.78, 5) is 8.40. The van der Waals surface area contributed by atoms with E-state index in [1.807, 2.05) is 48.7 Å². The van der Waals surface area contributed by atoms with Crippen molar-refractivity contribution in [1.29, 1.82) is 0 Å². The molecule has 4 heteroatoms. The van der Waals surface area contributed by atoms with Gasteiger partial charge in [0, 0.05) is 37.2 Å². The van der Waals surface area contributed by atoms with Crippen LogP contribution < -0.4 is 10.1 Å². The van der Waals surface area contributed by atoms with Crippen LogP contribution in [0.25, 0.3) is 0 Å². The highest BCUT2D eigenvalue weighted by Gasteiger charge is 2.04.